The second-order valence-corrected chi connectivity index (χ2v) is 8.74. The molecule has 0 aliphatic heterocycles. The Morgan fingerprint density at radius 1 is 1.09 bits per heavy atom. The largest absolute Gasteiger partial charge is 0.416 e. The van der Waals surface area contributed by atoms with E-state index in [4.69, 9.17) is 5.73 Å². The number of benzene rings is 2. The molecule has 3 N–H and O–H groups in total. The molecular weight excluding hydrogens is 475 g/mol. The van der Waals surface area contributed by atoms with Crippen molar-refractivity contribution in [3.63, 3.8) is 0 Å². The number of hydrogen-bond acceptors (Lipinski definition) is 4. The van der Waals surface area contributed by atoms with E-state index in [1.165, 1.54) is 17.1 Å². The van der Waals surface area contributed by atoms with Crippen molar-refractivity contribution in [2.45, 2.75) is 39.3 Å². The van der Waals surface area contributed by atoms with Crippen LogP contribution in [0.5, 0.6) is 5.75 Å². The lowest BCUT2D eigenvalue weighted by Crippen LogP contribution is -2.23. The summed E-state index contributed by atoms with van der Waals surface area (Å²) >= 11 is 0. The third-order valence-electron chi connectivity index (χ3n) is 4.94. The standard InChI is InChI=1S/C23H21F5N4O3/c1-11-9-32(10-30-11)14-6-12(5-13(7-14)23(26,27)28)20(33)31-18-15(22(2,3)4)8-16(24)19(17(18)25)35-21(29)34/h5-10H,1-4H3,(H2,29,34)(H,31,33). The third-order valence-corrected chi connectivity index (χ3v) is 4.94. The Morgan fingerprint density at radius 3 is 2.26 bits per heavy atom. The number of aryl methyl sites for hydroxylation is 1. The fourth-order valence-electron chi connectivity index (χ4n) is 3.31. The molecule has 0 saturated heterocycles. The number of hydrogen-bond donors (Lipinski definition) is 2. The topological polar surface area (TPSA) is 99.2 Å². The molecule has 1 heterocycles. The summed E-state index contributed by atoms with van der Waals surface area (Å²) in [6.45, 7) is 6.41. The molecule has 0 aliphatic carbocycles. The van der Waals surface area contributed by atoms with Crippen molar-refractivity contribution in [3.05, 3.63) is 70.8 Å². The zero-order chi connectivity index (χ0) is 26.3. The van der Waals surface area contributed by atoms with Gasteiger partial charge in [-0.25, -0.2) is 18.6 Å². The zero-order valence-electron chi connectivity index (χ0n) is 19.1. The van der Waals surface area contributed by atoms with Crippen molar-refractivity contribution in [2.75, 3.05) is 5.32 Å². The number of nitrogens with two attached hydrogens (primary N) is 1. The second-order valence-electron chi connectivity index (χ2n) is 8.74. The summed E-state index contributed by atoms with van der Waals surface area (Å²) in [5.74, 6) is -4.96. The summed E-state index contributed by atoms with van der Waals surface area (Å²) in [5.41, 5.74) is 2.26. The van der Waals surface area contributed by atoms with Crippen LogP contribution in [0.2, 0.25) is 0 Å². The number of carbonyl (C=O) groups excluding carboxylic acids is 2. The van der Waals surface area contributed by atoms with Gasteiger partial charge in [0.2, 0.25) is 5.75 Å². The first-order chi connectivity index (χ1) is 16.1. The van der Waals surface area contributed by atoms with E-state index in [1.807, 2.05) is 0 Å². The maximum atomic E-state index is 15.2. The SMILES string of the molecule is Cc1cn(-c2cc(C(=O)Nc3c(C(C)(C)C)cc(F)c(OC(N)=O)c3F)cc(C(F)(F)F)c2)cn1. The van der Waals surface area contributed by atoms with Crippen LogP contribution < -0.4 is 15.8 Å². The summed E-state index contributed by atoms with van der Waals surface area (Å²) < 4.78 is 76.0. The number of aromatic nitrogens is 2. The van der Waals surface area contributed by atoms with Crippen molar-refractivity contribution in [3.8, 4) is 11.4 Å². The summed E-state index contributed by atoms with van der Waals surface area (Å²) in [4.78, 5) is 28.1. The minimum absolute atomic E-state index is 0.0149. The Balaban J connectivity index is 2.15. The maximum absolute atomic E-state index is 15.2. The Labute approximate surface area is 196 Å². The average molecular weight is 496 g/mol. The molecule has 3 rings (SSSR count). The highest BCUT2D eigenvalue weighted by Gasteiger charge is 2.33. The van der Waals surface area contributed by atoms with E-state index in [-0.39, 0.29) is 11.3 Å². The first-order valence-corrected chi connectivity index (χ1v) is 10.1. The molecule has 186 valence electrons. The Bertz CT molecular complexity index is 1310. The number of nitrogens with one attached hydrogen (secondary N) is 1. The van der Waals surface area contributed by atoms with Gasteiger partial charge in [0.1, 0.15) is 0 Å². The second kappa shape index (κ2) is 9.01. The molecule has 12 heteroatoms. The van der Waals surface area contributed by atoms with E-state index in [9.17, 15) is 27.2 Å². The van der Waals surface area contributed by atoms with Crippen LogP contribution in [0.1, 0.15) is 48.0 Å². The highest BCUT2D eigenvalue weighted by atomic mass is 19.4. The first kappa shape index (κ1) is 25.7. The van der Waals surface area contributed by atoms with Gasteiger partial charge in [0, 0.05) is 17.4 Å². The normalized spacial score (nSPS) is 11.9. The molecule has 1 aromatic heterocycles. The molecule has 0 aliphatic rings. The smallest absolute Gasteiger partial charge is 0.404 e. The molecule has 7 nitrogen and oxygen atoms in total. The fourth-order valence-corrected chi connectivity index (χ4v) is 3.31. The number of alkyl halides is 3. The molecule has 0 radical (unpaired) electrons. The van der Waals surface area contributed by atoms with Crippen molar-refractivity contribution in [2.24, 2.45) is 5.73 Å². The molecule has 35 heavy (non-hydrogen) atoms. The minimum Gasteiger partial charge on any atom is -0.404 e. The van der Waals surface area contributed by atoms with Gasteiger partial charge in [-0.15, -0.1) is 0 Å². The lowest BCUT2D eigenvalue weighted by Gasteiger charge is -2.25. The fraction of sp³-hybridized carbons (Fsp3) is 0.261. The lowest BCUT2D eigenvalue weighted by atomic mass is 9.85. The summed E-state index contributed by atoms with van der Waals surface area (Å²) in [6, 6.07) is 3.44. The van der Waals surface area contributed by atoms with Gasteiger partial charge >= 0.3 is 12.3 Å². The van der Waals surface area contributed by atoms with Gasteiger partial charge in [-0.2, -0.15) is 13.2 Å². The minimum atomic E-state index is -4.79. The van der Waals surface area contributed by atoms with Gasteiger partial charge in [-0.1, -0.05) is 20.8 Å². The average Bonchev–Trinajstić information content (AvgIpc) is 3.17. The van der Waals surface area contributed by atoms with E-state index >= 15 is 4.39 Å². The highest BCUT2D eigenvalue weighted by molar-refractivity contribution is 6.05. The first-order valence-electron chi connectivity index (χ1n) is 10.1. The molecule has 2 amide bonds. The monoisotopic (exact) mass is 496 g/mol. The molecule has 0 unspecified atom stereocenters. The zero-order valence-corrected chi connectivity index (χ0v) is 19.1. The van der Waals surface area contributed by atoms with E-state index < -0.39 is 57.8 Å². The highest BCUT2D eigenvalue weighted by Crippen LogP contribution is 2.39. The Kier molecular flexibility index (Phi) is 6.60. The quantitative estimate of drug-likeness (QED) is 0.467. The number of halogens is 5. The van der Waals surface area contributed by atoms with Crippen LogP contribution >= 0.6 is 0 Å². The number of nitrogens with zero attached hydrogens (tertiary/aromatic N) is 2. The van der Waals surface area contributed by atoms with Gasteiger partial charge in [-0.05, 0) is 42.2 Å². The van der Waals surface area contributed by atoms with E-state index in [2.05, 4.69) is 15.0 Å². The third kappa shape index (κ3) is 5.58. The van der Waals surface area contributed by atoms with Crippen LogP contribution in [0.4, 0.5) is 32.4 Å². The summed E-state index contributed by atoms with van der Waals surface area (Å²) in [5, 5.41) is 2.20. The van der Waals surface area contributed by atoms with E-state index in [0.717, 1.165) is 18.2 Å². The predicted molar refractivity (Wildman–Crippen MR) is 117 cm³/mol. The van der Waals surface area contributed by atoms with Gasteiger partial charge in [-0.3, -0.25) is 4.79 Å². The molecule has 0 bridgehead atoms. The molecule has 3 aromatic rings. The number of anilines is 1. The predicted octanol–water partition coefficient (Wildman–Crippen LogP) is 5.49. The van der Waals surface area contributed by atoms with E-state index in [1.54, 1.807) is 27.7 Å². The van der Waals surface area contributed by atoms with Crippen LogP contribution in [-0.4, -0.2) is 21.6 Å². The number of carbonyl (C=O) groups is 2. The maximum Gasteiger partial charge on any atom is 0.416 e. The van der Waals surface area contributed by atoms with Gasteiger partial charge in [0.15, 0.2) is 11.6 Å². The van der Waals surface area contributed by atoms with Crippen molar-refractivity contribution >= 4 is 17.7 Å². The number of primary amides is 1. The van der Waals surface area contributed by atoms with Crippen molar-refractivity contribution in [1.82, 2.24) is 9.55 Å². The van der Waals surface area contributed by atoms with Crippen LogP contribution in [0.3, 0.4) is 0 Å². The summed E-state index contributed by atoms with van der Waals surface area (Å²) in [7, 11) is 0. The Morgan fingerprint density at radius 2 is 1.74 bits per heavy atom. The van der Waals surface area contributed by atoms with Gasteiger partial charge < -0.3 is 20.4 Å². The van der Waals surface area contributed by atoms with E-state index in [0.29, 0.717) is 11.8 Å². The van der Waals surface area contributed by atoms with Crippen LogP contribution in [0.25, 0.3) is 5.69 Å². The molecule has 2 aromatic carbocycles. The molecule has 0 atom stereocenters. The number of imidazole rings is 1. The molecule has 0 spiro atoms. The number of ether oxygens (including phenoxy) is 1. The van der Waals surface area contributed by atoms with Crippen LogP contribution in [0.15, 0.2) is 36.8 Å². The van der Waals surface area contributed by atoms with Crippen molar-refractivity contribution in [1.29, 1.82) is 0 Å². The van der Waals surface area contributed by atoms with Crippen LogP contribution in [0, 0.1) is 18.6 Å². The molecule has 0 fully saturated rings. The molecular formula is C23H21F5N4O3. The number of amides is 2. The van der Waals surface area contributed by atoms with Gasteiger partial charge in [0.05, 0.1) is 23.3 Å². The Hall–Kier alpha value is -3.96. The summed E-state index contributed by atoms with van der Waals surface area (Å²) in [6.07, 6.45) is -3.55. The lowest BCUT2D eigenvalue weighted by molar-refractivity contribution is -0.137. The van der Waals surface area contributed by atoms with Crippen LogP contribution in [-0.2, 0) is 11.6 Å². The number of rotatable bonds is 4. The van der Waals surface area contributed by atoms with Gasteiger partial charge in [0.25, 0.3) is 5.91 Å². The molecule has 0 saturated carbocycles. The van der Waals surface area contributed by atoms with Crippen molar-refractivity contribution < 1.29 is 36.3 Å².